The highest BCUT2D eigenvalue weighted by atomic mass is 15.1. The van der Waals surface area contributed by atoms with Crippen LogP contribution >= 0.6 is 0 Å². The van der Waals surface area contributed by atoms with Gasteiger partial charge in [-0.25, -0.2) is 4.98 Å². The van der Waals surface area contributed by atoms with Gasteiger partial charge in [-0.05, 0) is 61.4 Å². The summed E-state index contributed by atoms with van der Waals surface area (Å²) >= 11 is 0. The van der Waals surface area contributed by atoms with Crippen molar-refractivity contribution < 1.29 is 0 Å². The average Bonchev–Trinajstić information content (AvgIpc) is 3.35. The van der Waals surface area contributed by atoms with E-state index in [0.29, 0.717) is 5.95 Å². The Kier molecular flexibility index (Phi) is 4.37. The largest absolute Gasteiger partial charge is 0.361 e. The van der Waals surface area contributed by atoms with Gasteiger partial charge in [-0.15, -0.1) is 0 Å². The molecule has 29 heavy (non-hydrogen) atoms. The zero-order valence-electron chi connectivity index (χ0n) is 16.2. The Morgan fingerprint density at radius 1 is 0.966 bits per heavy atom. The Balaban J connectivity index is 1.25. The number of H-pyrrole nitrogens is 2. The van der Waals surface area contributed by atoms with E-state index in [1.54, 1.807) is 6.20 Å². The van der Waals surface area contributed by atoms with E-state index in [-0.39, 0.29) is 0 Å². The summed E-state index contributed by atoms with van der Waals surface area (Å²) in [6, 6.07) is 16.6. The van der Waals surface area contributed by atoms with Crippen molar-refractivity contribution in [3.8, 4) is 0 Å². The van der Waals surface area contributed by atoms with Crippen LogP contribution in [0.1, 0.15) is 11.1 Å². The number of fused-ring (bicyclic) bond motifs is 2. The van der Waals surface area contributed by atoms with Crippen molar-refractivity contribution in [2.24, 2.45) is 0 Å². The van der Waals surface area contributed by atoms with Crippen LogP contribution in [0.5, 0.6) is 0 Å². The Morgan fingerprint density at radius 2 is 1.90 bits per heavy atom. The first-order valence-electron chi connectivity index (χ1n) is 9.72. The van der Waals surface area contributed by atoms with Crippen molar-refractivity contribution in [1.29, 1.82) is 0 Å². The highest BCUT2D eigenvalue weighted by Gasteiger charge is 2.05. The third kappa shape index (κ3) is 3.65. The molecule has 3 aromatic heterocycles. The first-order valence-corrected chi connectivity index (χ1v) is 9.72. The van der Waals surface area contributed by atoms with Crippen LogP contribution in [-0.2, 0) is 6.42 Å². The van der Waals surface area contributed by atoms with E-state index in [1.807, 2.05) is 18.3 Å². The molecular formula is C23H22N6. The van der Waals surface area contributed by atoms with E-state index < -0.39 is 0 Å². The van der Waals surface area contributed by atoms with Gasteiger partial charge >= 0.3 is 0 Å². The summed E-state index contributed by atoms with van der Waals surface area (Å²) in [5, 5.41) is 9.13. The van der Waals surface area contributed by atoms with Crippen LogP contribution in [0.15, 0.2) is 67.1 Å². The summed E-state index contributed by atoms with van der Waals surface area (Å²) in [6.07, 6.45) is 6.69. The third-order valence-corrected chi connectivity index (χ3v) is 5.08. The molecule has 0 aliphatic carbocycles. The molecule has 2 aromatic carbocycles. The fourth-order valence-corrected chi connectivity index (χ4v) is 3.60. The number of nitrogens with zero attached hydrogens (tertiary/aromatic N) is 2. The van der Waals surface area contributed by atoms with Gasteiger partial charge in [0.2, 0.25) is 5.95 Å². The second-order valence-electron chi connectivity index (χ2n) is 7.21. The molecule has 0 unspecified atom stereocenters. The predicted molar refractivity (Wildman–Crippen MR) is 119 cm³/mol. The van der Waals surface area contributed by atoms with Crippen LogP contribution in [0.3, 0.4) is 0 Å². The number of nitrogens with one attached hydrogen (secondary N) is 4. The van der Waals surface area contributed by atoms with Gasteiger partial charge in [-0.1, -0.05) is 11.6 Å². The molecule has 0 amide bonds. The molecule has 0 spiro atoms. The van der Waals surface area contributed by atoms with Gasteiger partial charge in [0.25, 0.3) is 0 Å². The zero-order chi connectivity index (χ0) is 19.6. The van der Waals surface area contributed by atoms with Crippen molar-refractivity contribution in [3.05, 3.63) is 78.2 Å². The van der Waals surface area contributed by atoms with Gasteiger partial charge in [0.15, 0.2) is 0 Å². The minimum Gasteiger partial charge on any atom is -0.361 e. The lowest BCUT2D eigenvalue weighted by Crippen LogP contribution is -2.08. The van der Waals surface area contributed by atoms with Crippen molar-refractivity contribution >= 4 is 39.3 Å². The Hall–Kier alpha value is -3.80. The highest BCUT2D eigenvalue weighted by molar-refractivity contribution is 5.84. The SMILES string of the molecule is Cc1ccc2[nH]cc(CCNc3nccc(Nc4ccc5[nH]ccc5c4)n3)c2c1. The van der Waals surface area contributed by atoms with E-state index in [4.69, 9.17) is 0 Å². The van der Waals surface area contributed by atoms with E-state index in [9.17, 15) is 0 Å². The first-order chi connectivity index (χ1) is 14.2. The lowest BCUT2D eigenvalue weighted by atomic mass is 10.1. The monoisotopic (exact) mass is 382 g/mol. The molecule has 6 heteroatoms. The molecular weight excluding hydrogens is 360 g/mol. The quantitative estimate of drug-likeness (QED) is 0.327. The topological polar surface area (TPSA) is 81.4 Å². The molecule has 3 heterocycles. The fraction of sp³-hybridized carbons (Fsp3) is 0.130. The molecule has 0 saturated carbocycles. The van der Waals surface area contributed by atoms with Crippen LogP contribution in [0.2, 0.25) is 0 Å². The van der Waals surface area contributed by atoms with Crippen molar-refractivity contribution in [2.75, 3.05) is 17.2 Å². The maximum absolute atomic E-state index is 4.58. The number of anilines is 3. The molecule has 144 valence electrons. The molecule has 0 aliphatic heterocycles. The van der Waals surface area contributed by atoms with Crippen LogP contribution in [0.25, 0.3) is 21.8 Å². The number of rotatable bonds is 6. The fourth-order valence-electron chi connectivity index (χ4n) is 3.60. The minimum atomic E-state index is 0.619. The van der Waals surface area contributed by atoms with E-state index >= 15 is 0 Å². The van der Waals surface area contributed by atoms with Gasteiger partial charge in [0.05, 0.1) is 0 Å². The molecule has 5 aromatic rings. The number of aryl methyl sites for hydroxylation is 1. The Bertz CT molecular complexity index is 1280. The molecule has 0 fully saturated rings. The lowest BCUT2D eigenvalue weighted by Gasteiger charge is -2.08. The van der Waals surface area contributed by atoms with Crippen LogP contribution in [-0.4, -0.2) is 26.5 Å². The second-order valence-corrected chi connectivity index (χ2v) is 7.21. The Labute approximate surface area is 168 Å². The van der Waals surface area contributed by atoms with Gasteiger partial charge in [0.1, 0.15) is 5.82 Å². The van der Waals surface area contributed by atoms with Crippen molar-refractivity contribution in [1.82, 2.24) is 19.9 Å². The number of hydrogen-bond donors (Lipinski definition) is 4. The smallest absolute Gasteiger partial charge is 0.224 e. The molecule has 0 radical (unpaired) electrons. The molecule has 5 rings (SSSR count). The third-order valence-electron chi connectivity index (χ3n) is 5.08. The predicted octanol–water partition coefficient (Wildman–Crippen LogP) is 5.15. The van der Waals surface area contributed by atoms with E-state index in [0.717, 1.165) is 35.4 Å². The van der Waals surface area contributed by atoms with E-state index in [1.165, 1.54) is 22.0 Å². The summed E-state index contributed by atoms with van der Waals surface area (Å²) in [5.41, 5.74) is 5.85. The maximum Gasteiger partial charge on any atom is 0.224 e. The maximum atomic E-state index is 4.58. The lowest BCUT2D eigenvalue weighted by molar-refractivity contribution is 0.991. The molecule has 0 bridgehead atoms. The second kappa shape index (κ2) is 7.31. The molecule has 0 atom stereocenters. The molecule has 0 aliphatic rings. The van der Waals surface area contributed by atoms with E-state index in [2.05, 4.69) is 80.1 Å². The molecule has 0 saturated heterocycles. The summed E-state index contributed by atoms with van der Waals surface area (Å²) in [7, 11) is 0. The number of aromatic nitrogens is 4. The summed E-state index contributed by atoms with van der Waals surface area (Å²) in [6.45, 7) is 2.88. The summed E-state index contributed by atoms with van der Waals surface area (Å²) in [4.78, 5) is 15.5. The van der Waals surface area contributed by atoms with Crippen molar-refractivity contribution in [3.63, 3.8) is 0 Å². The standard InChI is InChI=1S/C23H22N6/c1-15-2-4-21-19(12-15)17(14-27-21)7-10-25-23-26-11-8-22(29-23)28-18-3-5-20-16(13-18)6-9-24-20/h2-6,8-9,11-14,24,27H,7,10H2,1H3,(H2,25,26,28,29). The number of benzene rings is 2. The minimum absolute atomic E-state index is 0.619. The molecule has 4 N–H and O–H groups in total. The van der Waals surface area contributed by atoms with Crippen LogP contribution < -0.4 is 10.6 Å². The first kappa shape index (κ1) is 17.3. The van der Waals surface area contributed by atoms with Gasteiger partial charge in [-0.3, -0.25) is 0 Å². The molecule has 6 nitrogen and oxygen atoms in total. The average molecular weight is 382 g/mol. The van der Waals surface area contributed by atoms with Gasteiger partial charge < -0.3 is 20.6 Å². The summed E-state index contributed by atoms with van der Waals surface area (Å²) < 4.78 is 0. The Morgan fingerprint density at radius 3 is 2.86 bits per heavy atom. The normalized spacial score (nSPS) is 11.2. The number of hydrogen-bond acceptors (Lipinski definition) is 4. The number of aromatic amines is 2. The van der Waals surface area contributed by atoms with Crippen LogP contribution in [0.4, 0.5) is 17.5 Å². The van der Waals surface area contributed by atoms with Crippen molar-refractivity contribution in [2.45, 2.75) is 13.3 Å². The summed E-state index contributed by atoms with van der Waals surface area (Å²) in [5.74, 6) is 1.38. The van der Waals surface area contributed by atoms with Gasteiger partial charge in [0, 0.05) is 52.6 Å². The highest BCUT2D eigenvalue weighted by Crippen LogP contribution is 2.22. The van der Waals surface area contributed by atoms with Gasteiger partial charge in [-0.2, -0.15) is 4.98 Å². The zero-order valence-corrected chi connectivity index (χ0v) is 16.2. The van der Waals surface area contributed by atoms with Crippen LogP contribution in [0, 0.1) is 6.92 Å².